The predicted octanol–water partition coefficient (Wildman–Crippen LogP) is 3.07. The van der Waals surface area contributed by atoms with Crippen molar-refractivity contribution >= 4 is 11.6 Å². The molecular weight excluding hydrogens is 250 g/mol. The van der Waals surface area contributed by atoms with Gasteiger partial charge in [0.25, 0.3) is 5.91 Å². The van der Waals surface area contributed by atoms with Crippen LogP contribution in [0.1, 0.15) is 50.5 Å². The molecule has 0 aromatic carbocycles. The normalized spacial score (nSPS) is 26.1. The van der Waals surface area contributed by atoms with E-state index >= 15 is 0 Å². The SMILES string of the molecule is CCNc1ccnc(C(=O)NC2CCC(C)C(C)C2)c1. The summed E-state index contributed by atoms with van der Waals surface area (Å²) in [4.78, 5) is 16.4. The minimum absolute atomic E-state index is 0.0588. The molecule has 3 atom stereocenters. The second kappa shape index (κ2) is 6.73. The van der Waals surface area contributed by atoms with Crippen molar-refractivity contribution in [3.63, 3.8) is 0 Å². The van der Waals surface area contributed by atoms with Crippen LogP contribution in [-0.4, -0.2) is 23.5 Å². The molecule has 1 fully saturated rings. The number of aromatic nitrogens is 1. The largest absolute Gasteiger partial charge is 0.385 e. The van der Waals surface area contributed by atoms with Gasteiger partial charge in [-0.25, -0.2) is 0 Å². The van der Waals surface area contributed by atoms with Crippen LogP contribution in [0.3, 0.4) is 0 Å². The number of rotatable bonds is 4. The van der Waals surface area contributed by atoms with Crippen molar-refractivity contribution in [1.82, 2.24) is 10.3 Å². The van der Waals surface area contributed by atoms with Crippen LogP contribution in [0.15, 0.2) is 18.3 Å². The monoisotopic (exact) mass is 275 g/mol. The van der Waals surface area contributed by atoms with Gasteiger partial charge in [-0.2, -0.15) is 0 Å². The van der Waals surface area contributed by atoms with Crippen LogP contribution < -0.4 is 10.6 Å². The summed E-state index contributed by atoms with van der Waals surface area (Å²) in [6, 6.07) is 3.98. The van der Waals surface area contributed by atoms with Crippen molar-refractivity contribution in [1.29, 1.82) is 0 Å². The number of carbonyl (C=O) groups excluding carboxylic acids is 1. The third kappa shape index (κ3) is 3.71. The molecule has 0 bridgehead atoms. The van der Waals surface area contributed by atoms with Gasteiger partial charge in [-0.05, 0) is 50.2 Å². The number of anilines is 1. The summed E-state index contributed by atoms with van der Waals surface area (Å²) < 4.78 is 0. The zero-order valence-electron chi connectivity index (χ0n) is 12.6. The van der Waals surface area contributed by atoms with Crippen LogP contribution in [0.4, 0.5) is 5.69 Å². The van der Waals surface area contributed by atoms with Crippen molar-refractivity contribution in [3.8, 4) is 0 Å². The van der Waals surface area contributed by atoms with E-state index in [1.807, 2.05) is 19.1 Å². The van der Waals surface area contributed by atoms with E-state index in [1.54, 1.807) is 6.20 Å². The Balaban J connectivity index is 1.96. The molecule has 1 heterocycles. The average Bonchev–Trinajstić information content (AvgIpc) is 2.43. The first-order valence-corrected chi connectivity index (χ1v) is 7.61. The van der Waals surface area contributed by atoms with Gasteiger partial charge in [0.15, 0.2) is 0 Å². The minimum atomic E-state index is -0.0588. The van der Waals surface area contributed by atoms with Crippen molar-refractivity contribution in [2.75, 3.05) is 11.9 Å². The molecule has 0 aliphatic heterocycles. The van der Waals surface area contributed by atoms with Crippen LogP contribution in [0.25, 0.3) is 0 Å². The van der Waals surface area contributed by atoms with E-state index in [9.17, 15) is 4.79 Å². The van der Waals surface area contributed by atoms with Crippen molar-refractivity contribution in [2.45, 2.75) is 46.1 Å². The molecule has 4 nitrogen and oxygen atoms in total. The number of nitrogens with zero attached hydrogens (tertiary/aromatic N) is 1. The lowest BCUT2D eigenvalue weighted by atomic mass is 9.79. The maximum Gasteiger partial charge on any atom is 0.270 e. The second-order valence-electron chi connectivity index (χ2n) is 5.90. The zero-order valence-corrected chi connectivity index (χ0v) is 12.6. The molecular formula is C16H25N3O. The fraction of sp³-hybridized carbons (Fsp3) is 0.625. The summed E-state index contributed by atoms with van der Waals surface area (Å²) in [7, 11) is 0. The van der Waals surface area contributed by atoms with Gasteiger partial charge in [0.05, 0.1) is 0 Å². The Hall–Kier alpha value is -1.58. The maximum absolute atomic E-state index is 12.3. The summed E-state index contributed by atoms with van der Waals surface area (Å²) in [6.07, 6.45) is 5.01. The lowest BCUT2D eigenvalue weighted by Gasteiger charge is -2.32. The van der Waals surface area contributed by atoms with Crippen LogP contribution in [0.5, 0.6) is 0 Å². The van der Waals surface area contributed by atoms with Crippen LogP contribution in [0.2, 0.25) is 0 Å². The highest BCUT2D eigenvalue weighted by Crippen LogP contribution is 2.29. The summed E-state index contributed by atoms with van der Waals surface area (Å²) >= 11 is 0. The highest BCUT2D eigenvalue weighted by molar-refractivity contribution is 5.93. The summed E-state index contributed by atoms with van der Waals surface area (Å²) in [5.41, 5.74) is 1.44. The Morgan fingerprint density at radius 2 is 2.15 bits per heavy atom. The van der Waals surface area contributed by atoms with Gasteiger partial charge in [-0.3, -0.25) is 9.78 Å². The first-order chi connectivity index (χ1) is 9.60. The fourth-order valence-corrected chi connectivity index (χ4v) is 2.81. The first kappa shape index (κ1) is 14.8. The summed E-state index contributed by atoms with van der Waals surface area (Å²) in [5, 5.41) is 6.33. The molecule has 1 saturated carbocycles. The third-order valence-corrected chi connectivity index (χ3v) is 4.31. The van der Waals surface area contributed by atoms with Crippen molar-refractivity contribution in [2.24, 2.45) is 11.8 Å². The minimum Gasteiger partial charge on any atom is -0.385 e. The lowest BCUT2D eigenvalue weighted by Crippen LogP contribution is -2.40. The third-order valence-electron chi connectivity index (χ3n) is 4.31. The molecule has 4 heteroatoms. The Bertz CT molecular complexity index is 461. The molecule has 1 aliphatic carbocycles. The van der Waals surface area contributed by atoms with Crippen LogP contribution in [0, 0.1) is 11.8 Å². The van der Waals surface area contributed by atoms with E-state index in [2.05, 4.69) is 29.5 Å². The number of hydrogen-bond donors (Lipinski definition) is 2. The average molecular weight is 275 g/mol. The molecule has 2 rings (SSSR count). The predicted molar refractivity (Wildman–Crippen MR) is 81.8 cm³/mol. The molecule has 1 aliphatic rings. The standard InChI is InChI=1S/C16H25N3O/c1-4-17-13-7-8-18-15(10-13)16(20)19-14-6-5-11(2)12(3)9-14/h7-8,10-12,14H,4-6,9H2,1-3H3,(H,17,18)(H,19,20). The Morgan fingerprint density at radius 1 is 1.35 bits per heavy atom. The first-order valence-electron chi connectivity index (χ1n) is 7.61. The van der Waals surface area contributed by atoms with E-state index in [-0.39, 0.29) is 5.91 Å². The van der Waals surface area contributed by atoms with Crippen molar-refractivity contribution < 1.29 is 4.79 Å². The quantitative estimate of drug-likeness (QED) is 0.888. The smallest absolute Gasteiger partial charge is 0.270 e. The molecule has 1 aromatic heterocycles. The molecule has 0 radical (unpaired) electrons. The summed E-state index contributed by atoms with van der Waals surface area (Å²) in [5.74, 6) is 1.38. The fourth-order valence-electron chi connectivity index (χ4n) is 2.81. The van der Waals surface area contributed by atoms with Crippen LogP contribution in [-0.2, 0) is 0 Å². The topological polar surface area (TPSA) is 54.0 Å². The molecule has 3 unspecified atom stereocenters. The van der Waals surface area contributed by atoms with Gasteiger partial charge in [0.2, 0.25) is 0 Å². The maximum atomic E-state index is 12.3. The Morgan fingerprint density at radius 3 is 2.85 bits per heavy atom. The lowest BCUT2D eigenvalue weighted by molar-refractivity contribution is 0.0905. The van der Waals surface area contributed by atoms with Gasteiger partial charge < -0.3 is 10.6 Å². The van der Waals surface area contributed by atoms with E-state index in [0.29, 0.717) is 17.7 Å². The number of nitrogens with one attached hydrogen (secondary N) is 2. The van der Waals surface area contributed by atoms with E-state index in [4.69, 9.17) is 0 Å². The van der Waals surface area contributed by atoms with Gasteiger partial charge in [0, 0.05) is 24.5 Å². The second-order valence-corrected chi connectivity index (χ2v) is 5.90. The highest BCUT2D eigenvalue weighted by atomic mass is 16.1. The molecule has 2 N–H and O–H groups in total. The number of pyridine rings is 1. The van der Waals surface area contributed by atoms with E-state index in [1.165, 1.54) is 6.42 Å². The number of carbonyl (C=O) groups is 1. The van der Waals surface area contributed by atoms with E-state index < -0.39 is 0 Å². The number of amides is 1. The Kier molecular flexibility index (Phi) is 4.99. The van der Waals surface area contributed by atoms with Crippen molar-refractivity contribution in [3.05, 3.63) is 24.0 Å². The van der Waals surface area contributed by atoms with Gasteiger partial charge in [-0.15, -0.1) is 0 Å². The highest BCUT2D eigenvalue weighted by Gasteiger charge is 2.26. The molecule has 110 valence electrons. The summed E-state index contributed by atoms with van der Waals surface area (Å²) in [6.45, 7) is 7.44. The Labute approximate surface area is 121 Å². The molecule has 20 heavy (non-hydrogen) atoms. The molecule has 1 amide bonds. The van der Waals surface area contributed by atoms with E-state index in [0.717, 1.165) is 31.0 Å². The zero-order chi connectivity index (χ0) is 14.5. The molecule has 1 aromatic rings. The van der Waals surface area contributed by atoms with Gasteiger partial charge in [-0.1, -0.05) is 13.8 Å². The molecule has 0 saturated heterocycles. The van der Waals surface area contributed by atoms with Gasteiger partial charge >= 0.3 is 0 Å². The molecule has 0 spiro atoms. The van der Waals surface area contributed by atoms with Gasteiger partial charge in [0.1, 0.15) is 5.69 Å². The number of hydrogen-bond acceptors (Lipinski definition) is 3. The van der Waals surface area contributed by atoms with Crippen LogP contribution >= 0.6 is 0 Å².